The molecule has 2 aromatic carbocycles. The van der Waals surface area contributed by atoms with Crippen LogP contribution in [0.5, 0.6) is 0 Å². The van der Waals surface area contributed by atoms with Crippen LogP contribution in [-0.4, -0.2) is 51.3 Å². The van der Waals surface area contributed by atoms with E-state index >= 15 is 0 Å². The summed E-state index contributed by atoms with van der Waals surface area (Å²) in [6, 6.07) is 19.4. The van der Waals surface area contributed by atoms with Crippen LogP contribution in [0.25, 0.3) is 22.3 Å². The third kappa shape index (κ3) is 5.12. The zero-order chi connectivity index (χ0) is 27.7. The second-order valence-electron chi connectivity index (χ2n) is 9.93. The summed E-state index contributed by atoms with van der Waals surface area (Å²) in [6.45, 7) is 3.77. The Morgan fingerprint density at radius 3 is 2.45 bits per heavy atom. The number of anilines is 1. The number of rotatable bonds is 8. The van der Waals surface area contributed by atoms with Gasteiger partial charge in [0.15, 0.2) is 5.65 Å². The van der Waals surface area contributed by atoms with Gasteiger partial charge in [0.25, 0.3) is 10.0 Å². The Kier molecular flexibility index (Phi) is 7.35. The van der Waals surface area contributed by atoms with Crippen molar-refractivity contribution >= 4 is 38.8 Å². The molecular weight excluding hydrogens is 543 g/mol. The molecule has 4 heterocycles. The maximum atomic E-state index is 13.9. The fraction of sp³-hybridized carbons (Fsp3) is 0.276. The monoisotopic (exact) mass is 573 g/mol. The van der Waals surface area contributed by atoms with E-state index in [0.29, 0.717) is 28.3 Å². The summed E-state index contributed by atoms with van der Waals surface area (Å²) in [5.74, 6) is 0.749. The lowest BCUT2D eigenvalue weighted by molar-refractivity contribution is 0.477. The predicted octanol–water partition coefficient (Wildman–Crippen LogP) is 4.90. The molecule has 40 heavy (non-hydrogen) atoms. The summed E-state index contributed by atoms with van der Waals surface area (Å²) in [5.41, 5.74) is 2.90. The number of benzene rings is 2. The van der Waals surface area contributed by atoms with Crippen molar-refractivity contribution in [3.63, 3.8) is 0 Å². The molecule has 1 fully saturated rings. The molecule has 206 valence electrons. The highest BCUT2D eigenvalue weighted by molar-refractivity contribution is 7.97. The highest BCUT2D eigenvalue weighted by Crippen LogP contribution is 2.35. The van der Waals surface area contributed by atoms with Gasteiger partial charge in [0, 0.05) is 42.8 Å². The number of nitrogens with zero attached hydrogens (tertiary/aromatic N) is 6. The summed E-state index contributed by atoms with van der Waals surface area (Å²) >= 11 is 1.68. The molecule has 3 aromatic heterocycles. The Morgan fingerprint density at radius 2 is 1.77 bits per heavy atom. The lowest BCUT2D eigenvalue weighted by atomic mass is 10.1. The molecule has 1 saturated heterocycles. The minimum atomic E-state index is -3.93. The largest absolute Gasteiger partial charge is 0.356 e. The van der Waals surface area contributed by atoms with Crippen LogP contribution in [0.3, 0.4) is 0 Å². The number of fused-ring (bicyclic) bond motifs is 1. The van der Waals surface area contributed by atoms with E-state index in [1.165, 1.54) is 20.8 Å². The number of nitrogens with one attached hydrogen (secondary N) is 1. The van der Waals surface area contributed by atoms with Crippen LogP contribution in [-0.2, 0) is 23.5 Å². The van der Waals surface area contributed by atoms with E-state index in [1.807, 2.05) is 19.3 Å². The molecule has 0 unspecified atom stereocenters. The van der Waals surface area contributed by atoms with Crippen LogP contribution in [0.1, 0.15) is 25.3 Å². The Morgan fingerprint density at radius 1 is 1.02 bits per heavy atom. The molecular formula is C29H31N7O2S2. The fourth-order valence-electron chi connectivity index (χ4n) is 5.08. The minimum Gasteiger partial charge on any atom is -0.356 e. The van der Waals surface area contributed by atoms with Crippen LogP contribution >= 0.6 is 11.9 Å². The molecule has 6 rings (SSSR count). The second kappa shape index (κ2) is 11.1. The standard InChI is InChI=1S/C29H31N7O2S2/c1-3-21-9-11-24(12-10-21)39-33-23-13-15-35(16-14-23)28-26-17-27(22-18-32-34(2)19-22)36(29(26)31-20-30-28)40(37,38)25-7-5-4-6-8-25/h4-12,17-20,23,33H,3,13-16H2,1-2H3. The van der Waals surface area contributed by atoms with Crippen molar-refractivity contribution in [1.82, 2.24) is 28.4 Å². The van der Waals surface area contributed by atoms with Crippen LogP contribution in [0.4, 0.5) is 5.82 Å². The van der Waals surface area contributed by atoms with Gasteiger partial charge >= 0.3 is 0 Å². The molecule has 0 bridgehead atoms. The van der Waals surface area contributed by atoms with Crippen molar-refractivity contribution in [2.45, 2.75) is 42.0 Å². The highest BCUT2D eigenvalue weighted by atomic mass is 32.2. The first kappa shape index (κ1) is 26.5. The van der Waals surface area contributed by atoms with Gasteiger partial charge in [0.2, 0.25) is 0 Å². The maximum Gasteiger partial charge on any atom is 0.269 e. The third-order valence-corrected chi connectivity index (χ3v) is 9.96. The molecule has 0 spiro atoms. The first-order valence-electron chi connectivity index (χ1n) is 13.4. The van der Waals surface area contributed by atoms with Crippen molar-refractivity contribution in [3.05, 3.63) is 84.9 Å². The van der Waals surface area contributed by atoms with Crippen LogP contribution in [0.15, 0.2) is 89.2 Å². The van der Waals surface area contributed by atoms with Gasteiger partial charge in [-0.05, 0) is 67.1 Å². The van der Waals surface area contributed by atoms with Crippen molar-refractivity contribution < 1.29 is 8.42 Å². The topological polar surface area (TPSA) is 97.9 Å². The van der Waals surface area contributed by atoms with Crippen molar-refractivity contribution in [2.75, 3.05) is 18.0 Å². The Balaban J connectivity index is 1.29. The number of hydrogen-bond acceptors (Lipinski definition) is 8. The number of piperidine rings is 1. The van der Waals surface area contributed by atoms with E-state index in [1.54, 1.807) is 53.2 Å². The Labute approximate surface area is 238 Å². The van der Waals surface area contributed by atoms with Gasteiger partial charge in [0.1, 0.15) is 12.1 Å². The number of hydrogen-bond donors (Lipinski definition) is 1. The van der Waals surface area contributed by atoms with Crippen molar-refractivity contribution in [3.8, 4) is 11.3 Å². The van der Waals surface area contributed by atoms with Crippen molar-refractivity contribution in [2.24, 2.45) is 7.05 Å². The molecule has 5 aromatic rings. The van der Waals surface area contributed by atoms with Crippen LogP contribution < -0.4 is 9.62 Å². The van der Waals surface area contributed by atoms with Gasteiger partial charge in [-0.3, -0.25) is 9.40 Å². The zero-order valence-electron chi connectivity index (χ0n) is 22.4. The summed E-state index contributed by atoms with van der Waals surface area (Å²) in [5, 5.41) is 4.99. The minimum absolute atomic E-state index is 0.200. The summed E-state index contributed by atoms with van der Waals surface area (Å²) < 4.78 is 34.4. The molecule has 1 N–H and O–H groups in total. The molecule has 11 heteroatoms. The normalized spacial score (nSPS) is 14.7. The lowest BCUT2D eigenvalue weighted by Gasteiger charge is -2.33. The lowest BCUT2D eigenvalue weighted by Crippen LogP contribution is -2.40. The number of aryl methyl sites for hydroxylation is 2. The average Bonchev–Trinajstić information content (AvgIpc) is 3.61. The van der Waals surface area contributed by atoms with E-state index in [9.17, 15) is 8.42 Å². The van der Waals surface area contributed by atoms with Gasteiger partial charge < -0.3 is 4.90 Å². The highest BCUT2D eigenvalue weighted by Gasteiger charge is 2.29. The van der Waals surface area contributed by atoms with E-state index < -0.39 is 10.0 Å². The summed E-state index contributed by atoms with van der Waals surface area (Å²) in [6.07, 6.45) is 7.88. The third-order valence-electron chi connectivity index (χ3n) is 7.29. The predicted molar refractivity (Wildman–Crippen MR) is 159 cm³/mol. The van der Waals surface area contributed by atoms with Gasteiger partial charge in [-0.25, -0.2) is 22.4 Å². The first-order chi connectivity index (χ1) is 19.4. The van der Waals surface area contributed by atoms with Gasteiger partial charge in [-0.15, -0.1) is 0 Å². The molecule has 1 aliphatic rings. The Hall–Kier alpha value is -3.67. The quantitative estimate of drug-likeness (QED) is 0.262. The van der Waals surface area contributed by atoms with E-state index in [-0.39, 0.29) is 4.90 Å². The fourth-order valence-corrected chi connectivity index (χ4v) is 7.39. The molecule has 0 aliphatic carbocycles. The maximum absolute atomic E-state index is 13.9. The second-order valence-corrected chi connectivity index (χ2v) is 12.6. The molecule has 0 saturated carbocycles. The average molecular weight is 574 g/mol. The molecule has 0 atom stereocenters. The summed E-state index contributed by atoms with van der Waals surface area (Å²) in [7, 11) is -2.12. The summed E-state index contributed by atoms with van der Waals surface area (Å²) in [4.78, 5) is 12.7. The zero-order valence-corrected chi connectivity index (χ0v) is 24.1. The smallest absolute Gasteiger partial charge is 0.269 e. The van der Waals surface area contributed by atoms with E-state index in [2.05, 4.69) is 55.9 Å². The van der Waals surface area contributed by atoms with Gasteiger partial charge in [-0.1, -0.05) is 37.3 Å². The van der Waals surface area contributed by atoms with E-state index in [0.717, 1.165) is 38.2 Å². The number of aromatic nitrogens is 5. The van der Waals surface area contributed by atoms with Gasteiger partial charge in [-0.2, -0.15) is 5.10 Å². The molecule has 9 nitrogen and oxygen atoms in total. The molecule has 1 aliphatic heterocycles. The Bertz CT molecular complexity index is 1720. The molecule has 0 radical (unpaired) electrons. The van der Waals surface area contributed by atoms with Gasteiger partial charge in [0.05, 0.1) is 22.2 Å². The van der Waals surface area contributed by atoms with Crippen LogP contribution in [0, 0.1) is 0 Å². The first-order valence-corrected chi connectivity index (χ1v) is 15.6. The van der Waals surface area contributed by atoms with Crippen LogP contribution in [0.2, 0.25) is 0 Å². The SMILES string of the molecule is CCc1ccc(SNC2CCN(c3ncnc4c3cc(-c3cnn(C)c3)n4S(=O)(=O)c3ccccc3)CC2)cc1. The van der Waals surface area contributed by atoms with E-state index in [4.69, 9.17) is 0 Å². The van der Waals surface area contributed by atoms with Crippen molar-refractivity contribution in [1.29, 1.82) is 0 Å². The molecule has 0 amide bonds.